The summed E-state index contributed by atoms with van der Waals surface area (Å²) in [5.41, 5.74) is 2.44. The Labute approximate surface area is 136 Å². The Morgan fingerprint density at radius 3 is 2.91 bits per heavy atom. The van der Waals surface area contributed by atoms with Crippen LogP contribution in [0.5, 0.6) is 0 Å². The van der Waals surface area contributed by atoms with Crippen molar-refractivity contribution in [3.63, 3.8) is 0 Å². The standard InChI is InChI=1S/C15H15N7S/c1-9(2)22-8-10(6-17-22)18-15-13-11(7-16-21-13)19-14(20-15)12-4-3-5-23-12/h3-9H,1-2H3,(H,16,21)(H,18,19,20). The van der Waals surface area contributed by atoms with Gasteiger partial charge < -0.3 is 5.32 Å². The Bertz CT molecular complexity index is 936. The average Bonchev–Trinajstić information content (AvgIpc) is 3.28. The molecule has 0 aromatic carbocycles. The molecule has 0 spiro atoms. The van der Waals surface area contributed by atoms with Crippen LogP contribution in [0.15, 0.2) is 36.1 Å². The Hall–Kier alpha value is -2.74. The second-order valence-electron chi connectivity index (χ2n) is 5.43. The summed E-state index contributed by atoms with van der Waals surface area (Å²) in [7, 11) is 0. The molecule has 4 rings (SSSR count). The number of hydrogen-bond donors (Lipinski definition) is 2. The highest BCUT2D eigenvalue weighted by Gasteiger charge is 2.13. The van der Waals surface area contributed by atoms with Crippen molar-refractivity contribution in [2.75, 3.05) is 5.32 Å². The van der Waals surface area contributed by atoms with Gasteiger partial charge in [0.2, 0.25) is 0 Å². The third-order valence-electron chi connectivity index (χ3n) is 3.44. The van der Waals surface area contributed by atoms with Crippen LogP contribution in [-0.2, 0) is 0 Å². The van der Waals surface area contributed by atoms with Crippen molar-refractivity contribution < 1.29 is 0 Å². The van der Waals surface area contributed by atoms with Gasteiger partial charge in [-0.25, -0.2) is 9.97 Å². The first-order chi connectivity index (χ1) is 11.2. The summed E-state index contributed by atoms with van der Waals surface area (Å²) in [6.07, 6.45) is 5.45. The molecule has 2 N–H and O–H groups in total. The molecular formula is C15H15N7S. The first-order valence-corrected chi connectivity index (χ1v) is 8.15. The molecule has 8 heteroatoms. The number of rotatable bonds is 4. The number of fused-ring (bicyclic) bond motifs is 1. The number of aromatic nitrogens is 6. The zero-order valence-corrected chi connectivity index (χ0v) is 13.5. The topological polar surface area (TPSA) is 84.3 Å². The number of hydrogen-bond acceptors (Lipinski definition) is 6. The van der Waals surface area contributed by atoms with Gasteiger partial charge in [0.05, 0.1) is 23.0 Å². The van der Waals surface area contributed by atoms with E-state index in [1.54, 1.807) is 23.7 Å². The Morgan fingerprint density at radius 1 is 1.26 bits per heavy atom. The Kier molecular flexibility index (Phi) is 3.30. The minimum Gasteiger partial charge on any atom is -0.336 e. The van der Waals surface area contributed by atoms with Crippen LogP contribution in [0.2, 0.25) is 0 Å². The van der Waals surface area contributed by atoms with Gasteiger partial charge >= 0.3 is 0 Å². The van der Waals surface area contributed by atoms with Crippen LogP contribution in [0, 0.1) is 0 Å². The first-order valence-electron chi connectivity index (χ1n) is 7.27. The molecule has 0 amide bonds. The second-order valence-corrected chi connectivity index (χ2v) is 6.38. The van der Waals surface area contributed by atoms with Crippen LogP contribution in [0.3, 0.4) is 0 Å². The number of nitrogens with zero attached hydrogens (tertiary/aromatic N) is 5. The predicted octanol–water partition coefficient (Wildman–Crippen LogP) is 3.60. The van der Waals surface area contributed by atoms with Crippen LogP contribution >= 0.6 is 11.3 Å². The molecule has 0 aliphatic carbocycles. The van der Waals surface area contributed by atoms with Crippen molar-refractivity contribution in [1.82, 2.24) is 29.9 Å². The maximum Gasteiger partial charge on any atom is 0.172 e. The lowest BCUT2D eigenvalue weighted by molar-refractivity contribution is 0.532. The zero-order valence-electron chi connectivity index (χ0n) is 12.7. The molecule has 7 nitrogen and oxygen atoms in total. The van der Waals surface area contributed by atoms with E-state index in [4.69, 9.17) is 0 Å². The molecule has 0 saturated carbocycles. The summed E-state index contributed by atoms with van der Waals surface area (Å²) in [6.45, 7) is 4.17. The van der Waals surface area contributed by atoms with Crippen molar-refractivity contribution in [2.24, 2.45) is 0 Å². The van der Waals surface area contributed by atoms with E-state index in [-0.39, 0.29) is 0 Å². The molecular weight excluding hydrogens is 310 g/mol. The van der Waals surface area contributed by atoms with E-state index >= 15 is 0 Å². The normalized spacial score (nSPS) is 11.4. The van der Waals surface area contributed by atoms with Crippen LogP contribution in [0.1, 0.15) is 19.9 Å². The number of nitrogens with one attached hydrogen (secondary N) is 2. The molecule has 4 aromatic heterocycles. The van der Waals surface area contributed by atoms with Crippen molar-refractivity contribution in [3.8, 4) is 10.7 Å². The van der Waals surface area contributed by atoms with Crippen molar-refractivity contribution in [2.45, 2.75) is 19.9 Å². The molecule has 4 heterocycles. The lowest BCUT2D eigenvalue weighted by atomic mass is 10.3. The smallest absolute Gasteiger partial charge is 0.172 e. The third-order valence-corrected chi connectivity index (χ3v) is 4.30. The van der Waals surface area contributed by atoms with Crippen LogP contribution in [0.4, 0.5) is 11.5 Å². The van der Waals surface area contributed by atoms with E-state index in [1.165, 1.54) is 0 Å². The molecule has 0 aliphatic rings. The van der Waals surface area contributed by atoms with Crippen molar-refractivity contribution >= 4 is 33.9 Å². The van der Waals surface area contributed by atoms with E-state index in [0.717, 1.165) is 21.6 Å². The maximum absolute atomic E-state index is 4.64. The first kappa shape index (κ1) is 13.9. The zero-order chi connectivity index (χ0) is 15.8. The molecule has 0 bridgehead atoms. The summed E-state index contributed by atoms with van der Waals surface area (Å²) in [5, 5.41) is 16.7. The van der Waals surface area contributed by atoms with E-state index in [9.17, 15) is 0 Å². The molecule has 0 unspecified atom stereocenters. The predicted molar refractivity (Wildman–Crippen MR) is 90.9 cm³/mol. The number of H-pyrrole nitrogens is 1. The molecule has 0 atom stereocenters. The lowest BCUT2D eigenvalue weighted by Gasteiger charge is -2.06. The highest BCUT2D eigenvalue weighted by atomic mass is 32.1. The quantitative estimate of drug-likeness (QED) is 0.599. The van der Waals surface area contributed by atoms with E-state index in [2.05, 4.69) is 44.4 Å². The van der Waals surface area contributed by atoms with Crippen LogP contribution in [-0.4, -0.2) is 29.9 Å². The summed E-state index contributed by atoms with van der Waals surface area (Å²) in [6, 6.07) is 4.31. The monoisotopic (exact) mass is 325 g/mol. The summed E-state index contributed by atoms with van der Waals surface area (Å²) in [5.74, 6) is 1.38. The highest BCUT2D eigenvalue weighted by Crippen LogP contribution is 2.28. The minimum atomic E-state index is 0.310. The number of thiophene rings is 1. The van der Waals surface area contributed by atoms with Crippen LogP contribution < -0.4 is 5.32 Å². The molecule has 23 heavy (non-hydrogen) atoms. The molecule has 4 aromatic rings. The van der Waals surface area contributed by atoms with E-state index in [0.29, 0.717) is 17.7 Å². The van der Waals surface area contributed by atoms with Gasteiger partial charge in [0.1, 0.15) is 11.0 Å². The van der Waals surface area contributed by atoms with Gasteiger partial charge in [0, 0.05) is 12.2 Å². The fourth-order valence-electron chi connectivity index (χ4n) is 2.27. The largest absolute Gasteiger partial charge is 0.336 e. The molecule has 0 radical (unpaired) electrons. The summed E-state index contributed by atoms with van der Waals surface area (Å²) < 4.78 is 1.90. The van der Waals surface area contributed by atoms with Gasteiger partial charge in [0.15, 0.2) is 11.6 Å². The van der Waals surface area contributed by atoms with Gasteiger partial charge in [-0.15, -0.1) is 11.3 Å². The van der Waals surface area contributed by atoms with Gasteiger partial charge in [0.25, 0.3) is 0 Å². The summed E-state index contributed by atoms with van der Waals surface area (Å²) in [4.78, 5) is 10.2. The maximum atomic E-state index is 4.64. The SMILES string of the molecule is CC(C)n1cc(Nc2nc(-c3cccs3)nc3cn[nH]c23)cn1. The minimum absolute atomic E-state index is 0.310. The second kappa shape index (κ2) is 5.47. The van der Waals surface area contributed by atoms with Crippen molar-refractivity contribution in [1.29, 1.82) is 0 Å². The fraction of sp³-hybridized carbons (Fsp3) is 0.200. The molecule has 0 fully saturated rings. The van der Waals surface area contributed by atoms with Crippen molar-refractivity contribution in [3.05, 3.63) is 36.1 Å². The number of anilines is 2. The molecule has 0 saturated heterocycles. The van der Waals surface area contributed by atoms with Gasteiger partial charge in [-0.3, -0.25) is 9.78 Å². The van der Waals surface area contributed by atoms with Crippen LogP contribution in [0.25, 0.3) is 21.7 Å². The van der Waals surface area contributed by atoms with Gasteiger partial charge in [-0.1, -0.05) is 6.07 Å². The Balaban J connectivity index is 1.77. The van der Waals surface area contributed by atoms with E-state index in [1.807, 2.05) is 28.4 Å². The average molecular weight is 325 g/mol. The molecule has 0 aliphatic heterocycles. The number of aromatic amines is 1. The summed E-state index contributed by atoms with van der Waals surface area (Å²) >= 11 is 1.61. The highest BCUT2D eigenvalue weighted by molar-refractivity contribution is 7.13. The van der Waals surface area contributed by atoms with Gasteiger partial charge in [-0.2, -0.15) is 10.2 Å². The van der Waals surface area contributed by atoms with E-state index < -0.39 is 0 Å². The Morgan fingerprint density at radius 2 is 2.17 bits per heavy atom. The fourth-order valence-corrected chi connectivity index (χ4v) is 2.93. The third kappa shape index (κ3) is 2.57. The lowest BCUT2D eigenvalue weighted by Crippen LogP contribution is -2.00. The van der Waals surface area contributed by atoms with Gasteiger partial charge in [-0.05, 0) is 25.3 Å². The molecule has 116 valence electrons.